The largest absolute Gasteiger partial charge is 0.313 e. The zero-order valence-corrected chi connectivity index (χ0v) is 21.2. The molecule has 144 valence electrons. The van der Waals surface area contributed by atoms with Crippen molar-refractivity contribution in [2.75, 3.05) is 6.16 Å². The quantitative estimate of drug-likeness (QED) is 0.203. The van der Waals surface area contributed by atoms with Crippen LogP contribution in [-0.2, 0) is 4.57 Å². The summed E-state index contributed by atoms with van der Waals surface area (Å²) in [6, 6.07) is 19.9. The molecule has 0 aliphatic heterocycles. The topological polar surface area (TPSA) is 17.1 Å². The number of hydrogen-bond donors (Lipinski definition) is 0. The summed E-state index contributed by atoms with van der Waals surface area (Å²) >= 11 is 4.24. The molecule has 2 aromatic carbocycles. The van der Waals surface area contributed by atoms with Gasteiger partial charge >= 0.3 is 0 Å². The van der Waals surface area contributed by atoms with E-state index < -0.39 is 7.14 Å². The van der Waals surface area contributed by atoms with Crippen molar-refractivity contribution in [3.05, 3.63) is 84.5 Å². The van der Waals surface area contributed by atoms with Gasteiger partial charge in [-0.25, -0.2) is 0 Å². The Bertz CT molecular complexity index is 755. The maximum atomic E-state index is 14.0. The van der Waals surface area contributed by atoms with Gasteiger partial charge in [-0.15, -0.1) is 0 Å². The summed E-state index contributed by atoms with van der Waals surface area (Å²) in [5.41, 5.74) is 2.78. The van der Waals surface area contributed by atoms with Crippen LogP contribution in [0.5, 0.6) is 0 Å². The molecule has 2 aromatic rings. The molecule has 2 atom stereocenters. The third-order valence-corrected chi connectivity index (χ3v) is 8.35. The molecule has 1 nitrogen and oxygen atoms in total. The zero-order valence-electron chi connectivity index (χ0n) is 15.9. The second-order valence-electron chi connectivity index (χ2n) is 7.24. The molecule has 0 amide bonds. The Labute approximate surface area is 187 Å². The molecular formula is C23H27I2OP. The minimum absolute atomic E-state index is 0.517. The predicted molar refractivity (Wildman–Crippen MR) is 137 cm³/mol. The molecule has 0 unspecified atom stereocenters. The van der Waals surface area contributed by atoms with Crippen LogP contribution in [0, 0.1) is 11.8 Å². The number of hydrogen-bond acceptors (Lipinski definition) is 1. The molecule has 27 heavy (non-hydrogen) atoms. The first-order chi connectivity index (χ1) is 13.0. The van der Waals surface area contributed by atoms with E-state index in [9.17, 15) is 4.57 Å². The number of benzene rings is 2. The lowest BCUT2D eigenvalue weighted by molar-refractivity contribution is 0.482. The van der Waals surface area contributed by atoms with Gasteiger partial charge in [-0.3, -0.25) is 0 Å². The Morgan fingerprint density at radius 2 is 1.33 bits per heavy atom. The summed E-state index contributed by atoms with van der Waals surface area (Å²) in [5.74, 6) is 1.03. The van der Waals surface area contributed by atoms with Crippen LogP contribution >= 0.6 is 44.4 Å². The molecule has 1 saturated carbocycles. The summed E-state index contributed by atoms with van der Waals surface area (Å²) in [6.45, 7) is 8.73. The van der Waals surface area contributed by atoms with E-state index in [4.69, 9.17) is 0 Å². The van der Waals surface area contributed by atoms with E-state index in [0.717, 1.165) is 23.5 Å². The molecule has 0 heterocycles. The third kappa shape index (κ3) is 5.80. The Balaban J connectivity index is 0.00000126. The molecule has 0 aromatic heterocycles. The maximum Gasteiger partial charge on any atom is 0.146 e. The van der Waals surface area contributed by atoms with Gasteiger partial charge < -0.3 is 4.57 Å². The molecule has 1 aliphatic carbocycles. The average Bonchev–Trinajstić information content (AvgIpc) is 2.73. The van der Waals surface area contributed by atoms with Crippen LogP contribution in [-0.4, -0.2) is 6.16 Å². The van der Waals surface area contributed by atoms with Crippen molar-refractivity contribution in [1.82, 2.24) is 0 Å². The van der Waals surface area contributed by atoms with Crippen LogP contribution in [0.4, 0.5) is 0 Å². The normalized spacial score (nSPS) is 19.9. The van der Waals surface area contributed by atoms with Crippen LogP contribution in [0.25, 0.3) is 0 Å². The van der Waals surface area contributed by atoms with Gasteiger partial charge in [-0.1, -0.05) is 98.3 Å². The number of halogens is 2. The van der Waals surface area contributed by atoms with E-state index >= 15 is 0 Å². The molecular weight excluding hydrogens is 577 g/mol. The second-order valence-corrected chi connectivity index (χ2v) is 10.1. The van der Waals surface area contributed by atoms with E-state index in [-0.39, 0.29) is 0 Å². The van der Waals surface area contributed by atoms with Gasteiger partial charge in [0.05, 0.1) is 0 Å². The molecule has 0 N–H and O–H groups in total. The molecule has 3 rings (SSSR count). The van der Waals surface area contributed by atoms with Crippen LogP contribution in [0.1, 0.15) is 26.7 Å². The van der Waals surface area contributed by atoms with Crippen molar-refractivity contribution < 1.29 is 4.57 Å². The zero-order chi connectivity index (χ0) is 19.9. The maximum absolute atomic E-state index is 14.0. The molecule has 4 heteroatoms. The number of allylic oxidation sites excluding steroid dienone is 3. The fourth-order valence-corrected chi connectivity index (χ4v) is 6.28. The van der Waals surface area contributed by atoms with Crippen LogP contribution < -0.4 is 10.6 Å². The Morgan fingerprint density at radius 1 is 0.926 bits per heavy atom. The van der Waals surface area contributed by atoms with Crippen molar-refractivity contribution in [2.24, 2.45) is 11.8 Å². The summed E-state index contributed by atoms with van der Waals surface area (Å²) in [4.78, 5) is 0. The smallest absolute Gasteiger partial charge is 0.146 e. The van der Waals surface area contributed by atoms with E-state index in [0.29, 0.717) is 18.0 Å². The molecule has 0 radical (unpaired) electrons. The van der Waals surface area contributed by atoms with Crippen LogP contribution in [0.15, 0.2) is 84.5 Å². The first-order valence-electron chi connectivity index (χ1n) is 9.22. The standard InChI is InChI=1S/C23H27OP.I2/c1-18-16-21(17-19(2)20(18)3)14-15-25(24,22-10-6-4-7-11-22)23-12-8-5-9-13-23;1-2/h4-14,18-19H,3,15-17H2,1-2H3;/t18-,19-;/m1./s1. The summed E-state index contributed by atoms with van der Waals surface area (Å²) in [6.07, 6.45) is 4.95. The number of rotatable bonds is 4. The van der Waals surface area contributed by atoms with Crippen molar-refractivity contribution >= 4 is 55.0 Å². The minimum atomic E-state index is -2.64. The minimum Gasteiger partial charge on any atom is -0.313 e. The van der Waals surface area contributed by atoms with E-state index in [1.165, 1.54) is 11.1 Å². The van der Waals surface area contributed by atoms with E-state index in [1.807, 2.05) is 60.7 Å². The second kappa shape index (κ2) is 11.0. The fraction of sp³-hybridized carbons (Fsp3) is 0.304. The first-order valence-corrected chi connectivity index (χ1v) is 17.4. The highest BCUT2D eigenvalue weighted by Gasteiger charge is 2.27. The highest BCUT2D eigenvalue weighted by molar-refractivity contribution is 15.0. The first kappa shape index (κ1) is 22.9. The van der Waals surface area contributed by atoms with Crippen LogP contribution in [0.2, 0.25) is 0 Å². The molecule has 0 spiro atoms. The molecule has 0 saturated heterocycles. The molecule has 1 aliphatic rings. The third-order valence-electron chi connectivity index (χ3n) is 5.39. The van der Waals surface area contributed by atoms with E-state index in [2.05, 4.69) is 63.7 Å². The highest BCUT2D eigenvalue weighted by atomic mass is 128. The van der Waals surface area contributed by atoms with Gasteiger partial charge in [0, 0.05) is 54.0 Å². The van der Waals surface area contributed by atoms with Crippen LogP contribution in [0.3, 0.4) is 0 Å². The summed E-state index contributed by atoms with van der Waals surface area (Å²) in [7, 11) is -2.64. The average molecular weight is 604 g/mol. The van der Waals surface area contributed by atoms with Crippen molar-refractivity contribution in [2.45, 2.75) is 26.7 Å². The van der Waals surface area contributed by atoms with Gasteiger partial charge in [-0.2, -0.15) is 0 Å². The Hall–Kier alpha value is -0.390. The highest BCUT2D eigenvalue weighted by Crippen LogP contribution is 2.45. The fourth-order valence-electron chi connectivity index (χ4n) is 3.74. The monoisotopic (exact) mass is 604 g/mol. The van der Waals surface area contributed by atoms with E-state index in [1.54, 1.807) is 0 Å². The van der Waals surface area contributed by atoms with Crippen molar-refractivity contribution in [3.8, 4) is 0 Å². The SMILES string of the molecule is C=C1[C@H](C)CC(=CCP(=O)(c2ccccc2)c2ccccc2)C[C@H]1C.II. The van der Waals surface area contributed by atoms with Gasteiger partial charge in [-0.05, 0) is 24.7 Å². The Morgan fingerprint density at radius 3 is 1.74 bits per heavy atom. The van der Waals surface area contributed by atoms with Gasteiger partial charge in [0.2, 0.25) is 0 Å². The molecule has 0 bridgehead atoms. The summed E-state index contributed by atoms with van der Waals surface area (Å²) in [5, 5.41) is 1.89. The van der Waals surface area contributed by atoms with Crippen molar-refractivity contribution in [3.63, 3.8) is 0 Å². The lowest BCUT2D eigenvalue weighted by Gasteiger charge is -2.30. The van der Waals surface area contributed by atoms with Gasteiger partial charge in [0.15, 0.2) is 0 Å². The summed E-state index contributed by atoms with van der Waals surface area (Å²) < 4.78 is 14.0. The lowest BCUT2D eigenvalue weighted by atomic mass is 9.77. The lowest BCUT2D eigenvalue weighted by Crippen LogP contribution is -2.19. The Kier molecular flexibility index (Phi) is 9.30. The molecule has 1 fully saturated rings. The predicted octanol–water partition coefficient (Wildman–Crippen LogP) is 7.32. The van der Waals surface area contributed by atoms with Gasteiger partial charge in [0.1, 0.15) is 7.14 Å². The van der Waals surface area contributed by atoms with Crippen molar-refractivity contribution in [1.29, 1.82) is 0 Å². The van der Waals surface area contributed by atoms with Gasteiger partial charge in [0.25, 0.3) is 0 Å².